The topological polar surface area (TPSA) is 92.3 Å². The first-order valence-corrected chi connectivity index (χ1v) is 11.6. The Hall–Kier alpha value is -3.13. The minimum absolute atomic E-state index is 0.0213. The standard InChI is InChI=1S/C23H18Cl2N2O4S/c1-15-2-9-21(10-3-15)32(30,31)27-23(29)26-20-7-5-17(6-8-20)22(28)11-4-16-12-18(24)14-19(25)13-16/h2-14H,1H3,(H2,26,27,29)/b11-4+. The van der Waals surface area contributed by atoms with Crippen molar-refractivity contribution in [1.82, 2.24) is 4.72 Å². The first-order valence-electron chi connectivity index (χ1n) is 9.31. The minimum atomic E-state index is -4.00. The van der Waals surface area contributed by atoms with Crippen molar-refractivity contribution in [2.24, 2.45) is 0 Å². The molecule has 3 aromatic carbocycles. The second-order valence-electron chi connectivity index (χ2n) is 6.85. The molecule has 0 spiro atoms. The number of urea groups is 1. The van der Waals surface area contributed by atoms with E-state index in [0.717, 1.165) is 5.56 Å². The van der Waals surface area contributed by atoms with E-state index in [-0.39, 0.29) is 10.7 Å². The number of halogens is 2. The molecule has 3 aromatic rings. The van der Waals surface area contributed by atoms with Crippen molar-refractivity contribution in [2.75, 3.05) is 5.32 Å². The van der Waals surface area contributed by atoms with E-state index in [2.05, 4.69) is 5.32 Å². The van der Waals surface area contributed by atoms with Crippen molar-refractivity contribution in [3.05, 3.63) is 99.5 Å². The molecule has 0 heterocycles. The van der Waals surface area contributed by atoms with E-state index in [9.17, 15) is 18.0 Å². The van der Waals surface area contributed by atoms with Gasteiger partial charge in [-0.15, -0.1) is 0 Å². The second-order valence-corrected chi connectivity index (χ2v) is 9.41. The van der Waals surface area contributed by atoms with Crippen molar-refractivity contribution in [2.45, 2.75) is 11.8 Å². The Morgan fingerprint density at radius 1 is 0.875 bits per heavy atom. The van der Waals surface area contributed by atoms with Gasteiger partial charge in [0.2, 0.25) is 0 Å². The highest BCUT2D eigenvalue weighted by molar-refractivity contribution is 7.90. The summed E-state index contributed by atoms with van der Waals surface area (Å²) in [5, 5.41) is 3.35. The number of hydrogen-bond donors (Lipinski definition) is 2. The molecule has 0 saturated carbocycles. The van der Waals surface area contributed by atoms with Gasteiger partial charge in [-0.25, -0.2) is 17.9 Å². The minimum Gasteiger partial charge on any atom is -0.307 e. The van der Waals surface area contributed by atoms with E-state index in [1.54, 1.807) is 36.4 Å². The highest BCUT2D eigenvalue weighted by atomic mass is 35.5. The predicted octanol–water partition coefficient (Wildman–Crippen LogP) is 5.71. The van der Waals surface area contributed by atoms with Crippen LogP contribution in [0.2, 0.25) is 10.0 Å². The lowest BCUT2D eigenvalue weighted by Gasteiger charge is -2.09. The van der Waals surface area contributed by atoms with Gasteiger partial charge in [-0.3, -0.25) is 4.79 Å². The quantitative estimate of drug-likeness (QED) is 0.343. The van der Waals surface area contributed by atoms with Crippen molar-refractivity contribution in [1.29, 1.82) is 0 Å². The number of ketones is 1. The smallest absolute Gasteiger partial charge is 0.307 e. The zero-order chi connectivity index (χ0) is 23.3. The van der Waals surface area contributed by atoms with Crippen molar-refractivity contribution >= 4 is 56.8 Å². The first kappa shape index (κ1) is 23.5. The lowest BCUT2D eigenvalue weighted by atomic mass is 10.1. The van der Waals surface area contributed by atoms with Gasteiger partial charge in [-0.1, -0.05) is 47.0 Å². The molecule has 164 valence electrons. The number of hydrogen-bond acceptors (Lipinski definition) is 4. The maximum Gasteiger partial charge on any atom is 0.333 e. The summed E-state index contributed by atoms with van der Waals surface area (Å²) in [6, 6.07) is 16.1. The summed E-state index contributed by atoms with van der Waals surface area (Å²) in [5.74, 6) is -0.265. The van der Waals surface area contributed by atoms with Crippen LogP contribution < -0.4 is 10.0 Å². The van der Waals surface area contributed by atoms with Crippen molar-refractivity contribution in [3.63, 3.8) is 0 Å². The van der Waals surface area contributed by atoms with E-state index in [4.69, 9.17) is 23.2 Å². The number of carbonyl (C=O) groups is 2. The number of carbonyl (C=O) groups excluding carboxylic acids is 2. The van der Waals surface area contributed by atoms with Gasteiger partial charge in [-0.05, 0) is 73.2 Å². The van der Waals surface area contributed by atoms with Crippen LogP contribution in [0.25, 0.3) is 6.08 Å². The zero-order valence-electron chi connectivity index (χ0n) is 16.8. The number of nitrogens with one attached hydrogen (secondary N) is 2. The molecule has 0 aliphatic heterocycles. The predicted molar refractivity (Wildman–Crippen MR) is 127 cm³/mol. The van der Waals surface area contributed by atoms with Gasteiger partial charge in [0.1, 0.15) is 0 Å². The Labute approximate surface area is 195 Å². The van der Waals surface area contributed by atoms with Crippen LogP contribution in [0.1, 0.15) is 21.5 Å². The number of anilines is 1. The lowest BCUT2D eigenvalue weighted by molar-refractivity contribution is 0.104. The Morgan fingerprint density at radius 3 is 2.06 bits per heavy atom. The molecule has 0 radical (unpaired) electrons. The molecule has 2 amide bonds. The van der Waals surface area contributed by atoms with E-state index in [0.29, 0.717) is 26.9 Å². The van der Waals surface area contributed by atoms with Crippen LogP contribution in [-0.4, -0.2) is 20.2 Å². The van der Waals surface area contributed by atoms with Gasteiger partial charge >= 0.3 is 6.03 Å². The average molecular weight is 489 g/mol. The van der Waals surface area contributed by atoms with Gasteiger partial charge in [-0.2, -0.15) is 0 Å². The molecule has 0 unspecified atom stereocenters. The molecule has 0 bridgehead atoms. The fourth-order valence-electron chi connectivity index (χ4n) is 2.71. The summed E-state index contributed by atoms with van der Waals surface area (Å²) < 4.78 is 26.5. The third-order valence-electron chi connectivity index (χ3n) is 4.30. The molecule has 0 fully saturated rings. The van der Waals surface area contributed by atoms with Gasteiger partial charge in [0.15, 0.2) is 5.78 Å². The molecular formula is C23H18Cl2N2O4S. The summed E-state index contributed by atoms with van der Waals surface area (Å²) in [4.78, 5) is 24.4. The Morgan fingerprint density at radius 2 is 1.47 bits per heavy atom. The molecule has 0 saturated heterocycles. The molecular weight excluding hydrogens is 471 g/mol. The van der Waals surface area contributed by atoms with Crippen LogP contribution in [0, 0.1) is 6.92 Å². The lowest BCUT2D eigenvalue weighted by Crippen LogP contribution is -2.34. The summed E-state index contributed by atoms with van der Waals surface area (Å²) in [7, 11) is -4.00. The van der Waals surface area contributed by atoms with Gasteiger partial charge in [0, 0.05) is 21.3 Å². The number of sulfonamides is 1. The molecule has 0 aliphatic carbocycles. The number of aryl methyl sites for hydroxylation is 1. The van der Waals surface area contributed by atoms with Gasteiger partial charge < -0.3 is 5.32 Å². The first-order chi connectivity index (χ1) is 15.1. The van der Waals surface area contributed by atoms with Crippen LogP contribution in [0.3, 0.4) is 0 Å². The molecule has 0 aromatic heterocycles. The van der Waals surface area contributed by atoms with E-state index >= 15 is 0 Å². The molecule has 32 heavy (non-hydrogen) atoms. The largest absolute Gasteiger partial charge is 0.333 e. The van der Waals surface area contributed by atoms with Gasteiger partial charge in [0.05, 0.1) is 4.90 Å². The van der Waals surface area contributed by atoms with Crippen LogP contribution in [0.15, 0.2) is 77.7 Å². The van der Waals surface area contributed by atoms with Crippen LogP contribution in [0.4, 0.5) is 10.5 Å². The number of amides is 2. The molecule has 3 rings (SSSR count). The van der Waals surface area contributed by atoms with Crippen LogP contribution in [-0.2, 0) is 10.0 Å². The highest BCUT2D eigenvalue weighted by Gasteiger charge is 2.17. The van der Waals surface area contributed by atoms with Crippen molar-refractivity contribution < 1.29 is 18.0 Å². The Kier molecular flexibility index (Phi) is 7.35. The molecule has 0 aliphatic rings. The summed E-state index contributed by atoms with van der Waals surface area (Å²) in [6.07, 6.45) is 2.97. The van der Waals surface area contributed by atoms with E-state index < -0.39 is 16.1 Å². The molecule has 6 nitrogen and oxygen atoms in total. The molecule has 9 heteroatoms. The Balaban J connectivity index is 1.62. The van der Waals surface area contributed by atoms with Crippen molar-refractivity contribution in [3.8, 4) is 0 Å². The van der Waals surface area contributed by atoms with E-state index in [1.165, 1.54) is 42.5 Å². The van der Waals surface area contributed by atoms with Crippen LogP contribution in [0.5, 0.6) is 0 Å². The third kappa shape index (κ3) is 6.43. The second kappa shape index (κ2) is 9.99. The van der Waals surface area contributed by atoms with E-state index in [1.807, 2.05) is 11.6 Å². The highest BCUT2D eigenvalue weighted by Crippen LogP contribution is 2.20. The SMILES string of the molecule is Cc1ccc(S(=O)(=O)NC(=O)Nc2ccc(C(=O)/C=C/c3cc(Cl)cc(Cl)c3)cc2)cc1. The molecule has 0 atom stereocenters. The zero-order valence-corrected chi connectivity index (χ0v) is 19.1. The maximum atomic E-state index is 12.4. The van der Waals surface area contributed by atoms with Gasteiger partial charge in [0.25, 0.3) is 10.0 Å². The fraction of sp³-hybridized carbons (Fsp3) is 0.0435. The summed E-state index contributed by atoms with van der Waals surface area (Å²) >= 11 is 11.9. The fourth-order valence-corrected chi connectivity index (χ4v) is 4.16. The molecule has 2 N–H and O–H groups in total. The summed E-state index contributed by atoms with van der Waals surface area (Å²) in [6.45, 7) is 1.83. The summed E-state index contributed by atoms with van der Waals surface area (Å²) in [5.41, 5.74) is 2.28. The Bertz CT molecular complexity index is 1270. The average Bonchev–Trinajstić information content (AvgIpc) is 2.72. The number of benzene rings is 3. The maximum absolute atomic E-state index is 12.4. The normalized spacial score (nSPS) is 11.3. The third-order valence-corrected chi connectivity index (χ3v) is 6.08. The van der Waals surface area contributed by atoms with Crippen LogP contribution >= 0.6 is 23.2 Å². The monoisotopic (exact) mass is 488 g/mol. The number of allylic oxidation sites excluding steroid dienone is 1. The number of rotatable bonds is 6.